The van der Waals surface area contributed by atoms with Gasteiger partial charge in [-0.3, -0.25) is 0 Å². The fraction of sp³-hybridized carbons (Fsp3) is 0.500. The average Bonchev–Trinajstić information content (AvgIpc) is 2.77. The molecule has 0 aliphatic rings. The quantitative estimate of drug-likeness (QED) is 0.817. The Hall–Kier alpha value is -1.46. The van der Waals surface area contributed by atoms with E-state index in [0.717, 1.165) is 0 Å². The molecule has 0 unspecified atom stereocenters. The first kappa shape index (κ1) is 14.0. The van der Waals surface area contributed by atoms with Gasteiger partial charge in [-0.15, -0.1) is 0 Å². The third kappa shape index (κ3) is 3.30. The maximum absolute atomic E-state index is 13.9. The van der Waals surface area contributed by atoms with E-state index in [4.69, 9.17) is 9.15 Å². The molecule has 2 rings (SSSR count). The highest BCUT2D eigenvalue weighted by Gasteiger charge is 2.12. The number of benzene rings is 1. The van der Waals surface area contributed by atoms with Crippen LogP contribution in [-0.4, -0.2) is 25.2 Å². The first-order valence-electron chi connectivity index (χ1n) is 6.40. The molecule has 0 fully saturated rings. The third-order valence-electron chi connectivity index (χ3n) is 2.87. The summed E-state index contributed by atoms with van der Waals surface area (Å²) in [6, 6.07) is 3.14. The van der Waals surface area contributed by atoms with Gasteiger partial charge in [0.25, 0.3) is 0 Å². The van der Waals surface area contributed by atoms with Crippen LogP contribution in [0, 0.1) is 5.82 Å². The molecular weight excluding hydrogens is 247 g/mol. The van der Waals surface area contributed by atoms with Crippen molar-refractivity contribution >= 4 is 11.1 Å². The number of fused-ring (bicyclic) bond motifs is 1. The molecule has 5 heteroatoms. The lowest BCUT2D eigenvalue weighted by atomic mass is 10.2. The van der Waals surface area contributed by atoms with E-state index in [-0.39, 0.29) is 11.7 Å². The number of rotatable bonds is 6. The summed E-state index contributed by atoms with van der Waals surface area (Å²) in [6.07, 6.45) is 0. The summed E-state index contributed by atoms with van der Waals surface area (Å²) in [7, 11) is 1.64. The van der Waals surface area contributed by atoms with E-state index in [1.54, 1.807) is 13.2 Å². The van der Waals surface area contributed by atoms with Crippen LogP contribution in [-0.2, 0) is 11.3 Å². The molecule has 0 aliphatic carbocycles. The summed E-state index contributed by atoms with van der Waals surface area (Å²) in [5, 5.41) is 3.11. The van der Waals surface area contributed by atoms with Crippen molar-refractivity contribution in [2.45, 2.75) is 26.3 Å². The van der Waals surface area contributed by atoms with E-state index in [1.165, 1.54) is 6.07 Å². The molecule has 2 aromatic rings. The summed E-state index contributed by atoms with van der Waals surface area (Å²) < 4.78 is 24.3. The summed E-state index contributed by atoms with van der Waals surface area (Å²) >= 11 is 0. The van der Waals surface area contributed by atoms with Gasteiger partial charge in [-0.2, -0.15) is 0 Å². The second kappa shape index (κ2) is 6.12. The van der Waals surface area contributed by atoms with Gasteiger partial charge in [0.15, 0.2) is 11.5 Å². The number of ether oxygens (including phenoxy) is 1. The summed E-state index contributed by atoms with van der Waals surface area (Å²) in [5.74, 6) is 0.557. The van der Waals surface area contributed by atoms with Crippen LogP contribution in [0.15, 0.2) is 16.5 Å². The van der Waals surface area contributed by atoms with Crippen molar-refractivity contribution in [3.05, 3.63) is 29.4 Å². The van der Waals surface area contributed by atoms with Gasteiger partial charge in [-0.25, -0.2) is 9.37 Å². The minimum atomic E-state index is -0.274. The Bertz CT molecular complexity index is 552. The van der Waals surface area contributed by atoms with Crippen LogP contribution in [0.1, 0.15) is 31.2 Å². The number of hydrogen-bond acceptors (Lipinski definition) is 4. The van der Waals surface area contributed by atoms with E-state index in [0.29, 0.717) is 42.3 Å². The van der Waals surface area contributed by atoms with Crippen molar-refractivity contribution in [1.82, 2.24) is 10.3 Å². The molecular formula is C14H19FN2O2. The van der Waals surface area contributed by atoms with Crippen LogP contribution in [0.4, 0.5) is 4.39 Å². The van der Waals surface area contributed by atoms with Gasteiger partial charge in [0, 0.05) is 37.7 Å². The predicted molar refractivity (Wildman–Crippen MR) is 71.6 cm³/mol. The number of methoxy groups -OCH3 is 1. The zero-order chi connectivity index (χ0) is 13.8. The number of hydrogen-bond donors (Lipinski definition) is 1. The van der Waals surface area contributed by atoms with Crippen molar-refractivity contribution in [2.75, 3.05) is 20.3 Å². The maximum atomic E-state index is 13.9. The summed E-state index contributed by atoms with van der Waals surface area (Å²) in [4.78, 5) is 4.37. The zero-order valence-corrected chi connectivity index (χ0v) is 11.5. The minimum absolute atomic E-state index is 0.193. The Morgan fingerprint density at radius 2 is 2.21 bits per heavy atom. The Morgan fingerprint density at radius 3 is 2.89 bits per heavy atom. The molecule has 0 spiro atoms. The minimum Gasteiger partial charge on any atom is -0.440 e. The van der Waals surface area contributed by atoms with Crippen molar-refractivity contribution in [2.24, 2.45) is 0 Å². The Balaban J connectivity index is 2.18. The average molecular weight is 266 g/mol. The molecule has 1 heterocycles. The Labute approximate surface area is 112 Å². The van der Waals surface area contributed by atoms with Crippen molar-refractivity contribution in [3.8, 4) is 0 Å². The zero-order valence-electron chi connectivity index (χ0n) is 11.5. The number of nitrogens with zero attached hydrogens (tertiary/aromatic N) is 1. The normalized spacial score (nSPS) is 11.6. The highest BCUT2D eigenvalue weighted by atomic mass is 19.1. The SMILES string of the molecule is COCCNCc1cc2nc(C(C)C)oc2cc1F. The molecule has 0 bridgehead atoms. The van der Waals surface area contributed by atoms with Gasteiger partial charge in [0.2, 0.25) is 0 Å². The largest absolute Gasteiger partial charge is 0.440 e. The molecule has 1 N–H and O–H groups in total. The Morgan fingerprint density at radius 1 is 1.42 bits per heavy atom. The highest BCUT2D eigenvalue weighted by molar-refractivity contribution is 5.73. The molecule has 0 aliphatic heterocycles. The van der Waals surface area contributed by atoms with E-state index >= 15 is 0 Å². The molecule has 0 radical (unpaired) electrons. The lowest BCUT2D eigenvalue weighted by Crippen LogP contribution is -2.19. The van der Waals surface area contributed by atoms with Crippen molar-refractivity contribution in [3.63, 3.8) is 0 Å². The van der Waals surface area contributed by atoms with Crippen molar-refractivity contribution < 1.29 is 13.5 Å². The molecule has 0 saturated carbocycles. The molecule has 1 aromatic carbocycles. The van der Waals surface area contributed by atoms with Gasteiger partial charge in [0.1, 0.15) is 11.3 Å². The van der Waals surface area contributed by atoms with E-state index < -0.39 is 0 Å². The Kier molecular flexibility index (Phi) is 4.50. The fourth-order valence-electron chi connectivity index (χ4n) is 1.79. The van der Waals surface area contributed by atoms with Crippen LogP contribution in [0.3, 0.4) is 0 Å². The van der Waals surface area contributed by atoms with Crippen LogP contribution in [0.5, 0.6) is 0 Å². The van der Waals surface area contributed by atoms with Crippen molar-refractivity contribution in [1.29, 1.82) is 0 Å². The summed E-state index contributed by atoms with van der Waals surface area (Å²) in [5.41, 5.74) is 1.79. The third-order valence-corrected chi connectivity index (χ3v) is 2.87. The molecule has 0 amide bonds. The first-order valence-corrected chi connectivity index (χ1v) is 6.40. The number of halogens is 1. The lowest BCUT2D eigenvalue weighted by molar-refractivity contribution is 0.199. The molecule has 4 nitrogen and oxygen atoms in total. The topological polar surface area (TPSA) is 47.3 Å². The van der Waals surface area contributed by atoms with Crippen LogP contribution >= 0.6 is 0 Å². The maximum Gasteiger partial charge on any atom is 0.198 e. The van der Waals surface area contributed by atoms with Crippen LogP contribution in [0.25, 0.3) is 11.1 Å². The van der Waals surface area contributed by atoms with Crippen LogP contribution in [0.2, 0.25) is 0 Å². The first-order chi connectivity index (χ1) is 9.11. The number of nitrogens with one attached hydrogen (secondary N) is 1. The fourth-order valence-corrected chi connectivity index (χ4v) is 1.79. The monoisotopic (exact) mass is 266 g/mol. The molecule has 19 heavy (non-hydrogen) atoms. The van der Waals surface area contributed by atoms with E-state index in [9.17, 15) is 4.39 Å². The number of aromatic nitrogens is 1. The summed E-state index contributed by atoms with van der Waals surface area (Å²) in [6.45, 7) is 5.73. The van der Waals surface area contributed by atoms with Gasteiger partial charge in [-0.1, -0.05) is 13.8 Å². The molecule has 1 aromatic heterocycles. The lowest BCUT2D eigenvalue weighted by Gasteiger charge is -2.05. The second-order valence-electron chi connectivity index (χ2n) is 4.79. The van der Waals surface area contributed by atoms with E-state index in [1.807, 2.05) is 13.8 Å². The molecule has 104 valence electrons. The highest BCUT2D eigenvalue weighted by Crippen LogP contribution is 2.23. The van der Waals surface area contributed by atoms with E-state index in [2.05, 4.69) is 10.3 Å². The van der Waals surface area contributed by atoms with Crippen LogP contribution < -0.4 is 5.32 Å². The standard InChI is InChI=1S/C14H19FN2O2/c1-9(2)14-17-12-6-10(8-16-4-5-18-3)11(15)7-13(12)19-14/h6-7,9,16H,4-5,8H2,1-3H3. The van der Waals surface area contributed by atoms with Gasteiger partial charge >= 0.3 is 0 Å². The second-order valence-corrected chi connectivity index (χ2v) is 4.79. The van der Waals surface area contributed by atoms with Gasteiger partial charge in [-0.05, 0) is 6.07 Å². The molecule has 0 saturated heterocycles. The smallest absolute Gasteiger partial charge is 0.198 e. The van der Waals surface area contributed by atoms with Gasteiger partial charge < -0.3 is 14.5 Å². The molecule has 0 atom stereocenters. The predicted octanol–water partition coefficient (Wildman–Crippen LogP) is 2.83. The number of oxazole rings is 1. The van der Waals surface area contributed by atoms with Gasteiger partial charge in [0.05, 0.1) is 6.61 Å².